The summed E-state index contributed by atoms with van der Waals surface area (Å²) in [5.41, 5.74) is 4.50. The van der Waals surface area contributed by atoms with Crippen LogP contribution in [-0.2, 0) is 6.61 Å². The molecule has 0 saturated carbocycles. The van der Waals surface area contributed by atoms with Crippen molar-refractivity contribution in [3.05, 3.63) is 86.1 Å². The third-order valence-corrected chi connectivity index (χ3v) is 5.27. The Kier molecular flexibility index (Phi) is 7.68. The summed E-state index contributed by atoms with van der Waals surface area (Å²) in [6.45, 7) is 0.279. The molecular formula is C21H16BrCl2N3O3. The maximum atomic E-state index is 12.0. The van der Waals surface area contributed by atoms with Crippen molar-refractivity contribution in [2.45, 2.75) is 6.61 Å². The molecule has 0 aliphatic carbocycles. The van der Waals surface area contributed by atoms with Gasteiger partial charge in [0.25, 0.3) is 5.91 Å². The van der Waals surface area contributed by atoms with Gasteiger partial charge in [-0.1, -0.05) is 29.3 Å². The van der Waals surface area contributed by atoms with E-state index in [9.17, 15) is 4.79 Å². The lowest BCUT2D eigenvalue weighted by Gasteiger charge is -2.14. The number of nitrogens with zero attached hydrogens (tertiary/aromatic N) is 2. The number of hydrazone groups is 1. The van der Waals surface area contributed by atoms with Gasteiger partial charge >= 0.3 is 0 Å². The van der Waals surface area contributed by atoms with Gasteiger partial charge in [0.15, 0.2) is 11.5 Å². The average molecular weight is 509 g/mol. The molecule has 3 rings (SSSR count). The third kappa shape index (κ3) is 5.72. The fourth-order valence-corrected chi connectivity index (χ4v) is 3.37. The van der Waals surface area contributed by atoms with E-state index in [1.165, 1.54) is 18.6 Å². The quantitative estimate of drug-likeness (QED) is 0.337. The van der Waals surface area contributed by atoms with Crippen LogP contribution in [0.1, 0.15) is 21.5 Å². The zero-order chi connectivity index (χ0) is 21.5. The Hall–Kier alpha value is -2.61. The number of benzene rings is 2. The number of hydrogen-bond donors (Lipinski definition) is 1. The van der Waals surface area contributed by atoms with Crippen LogP contribution in [0.2, 0.25) is 10.0 Å². The van der Waals surface area contributed by atoms with Crippen molar-refractivity contribution in [2.75, 3.05) is 7.11 Å². The number of hydrogen-bond acceptors (Lipinski definition) is 5. The number of methoxy groups -OCH3 is 1. The molecule has 3 aromatic rings. The first-order valence-corrected chi connectivity index (χ1v) is 10.2. The Bertz CT molecular complexity index is 1080. The van der Waals surface area contributed by atoms with Crippen LogP contribution in [0.5, 0.6) is 11.5 Å². The number of halogens is 3. The Morgan fingerprint density at radius 3 is 2.63 bits per heavy atom. The van der Waals surface area contributed by atoms with E-state index in [2.05, 4.69) is 31.4 Å². The number of carbonyl (C=O) groups is 1. The smallest absolute Gasteiger partial charge is 0.271 e. The van der Waals surface area contributed by atoms with Crippen LogP contribution in [0.15, 0.2) is 64.4 Å². The lowest BCUT2D eigenvalue weighted by atomic mass is 10.2. The first kappa shape index (κ1) is 22.1. The zero-order valence-electron chi connectivity index (χ0n) is 15.7. The van der Waals surface area contributed by atoms with E-state index in [4.69, 9.17) is 32.7 Å². The minimum Gasteiger partial charge on any atom is -0.493 e. The standard InChI is InChI=1S/C21H16BrCl2N3O3/c1-29-19-10-14(11-26-27-21(28)15-4-6-25-7-5-15)8-16(22)20(19)30-12-13-2-3-17(23)18(24)9-13/h2-11H,12H2,1H3,(H,27,28)/b26-11-. The SMILES string of the molecule is COc1cc(/C=N\NC(=O)c2ccncc2)cc(Br)c1OCc1ccc(Cl)c(Cl)c1. The van der Waals surface area contributed by atoms with Crippen molar-refractivity contribution in [1.29, 1.82) is 0 Å². The van der Waals surface area contributed by atoms with Gasteiger partial charge in [0.2, 0.25) is 0 Å². The molecule has 1 amide bonds. The third-order valence-electron chi connectivity index (χ3n) is 3.94. The first-order chi connectivity index (χ1) is 14.5. The van der Waals surface area contributed by atoms with Crippen LogP contribution in [0.3, 0.4) is 0 Å². The summed E-state index contributed by atoms with van der Waals surface area (Å²) in [7, 11) is 1.54. The van der Waals surface area contributed by atoms with E-state index in [0.717, 1.165) is 5.56 Å². The molecule has 0 saturated heterocycles. The number of ether oxygens (including phenoxy) is 2. The molecule has 1 N–H and O–H groups in total. The van der Waals surface area contributed by atoms with Gasteiger partial charge in [-0.25, -0.2) is 5.43 Å². The predicted molar refractivity (Wildman–Crippen MR) is 121 cm³/mol. The van der Waals surface area contributed by atoms with E-state index in [0.29, 0.717) is 37.1 Å². The highest BCUT2D eigenvalue weighted by Crippen LogP contribution is 2.37. The molecule has 0 aliphatic heterocycles. The van der Waals surface area contributed by atoms with Crippen LogP contribution >= 0.6 is 39.1 Å². The van der Waals surface area contributed by atoms with Gasteiger partial charge in [-0.2, -0.15) is 5.10 Å². The van der Waals surface area contributed by atoms with E-state index in [-0.39, 0.29) is 12.5 Å². The van der Waals surface area contributed by atoms with Gasteiger partial charge < -0.3 is 9.47 Å². The second kappa shape index (κ2) is 10.4. The summed E-state index contributed by atoms with van der Waals surface area (Å²) in [4.78, 5) is 15.9. The van der Waals surface area contributed by atoms with E-state index >= 15 is 0 Å². The van der Waals surface area contributed by atoms with Crippen LogP contribution in [0, 0.1) is 0 Å². The minimum atomic E-state index is -0.332. The maximum Gasteiger partial charge on any atom is 0.271 e. The predicted octanol–water partition coefficient (Wildman–Crippen LogP) is 5.50. The molecule has 6 nitrogen and oxygen atoms in total. The van der Waals surface area contributed by atoms with Gasteiger partial charge in [-0.3, -0.25) is 9.78 Å². The average Bonchev–Trinajstić information content (AvgIpc) is 2.75. The molecule has 0 atom stereocenters. The molecule has 0 spiro atoms. The van der Waals surface area contributed by atoms with E-state index in [1.807, 2.05) is 6.07 Å². The number of carbonyl (C=O) groups excluding carboxylic acids is 1. The Labute approximate surface area is 192 Å². The van der Waals surface area contributed by atoms with Crippen molar-refractivity contribution < 1.29 is 14.3 Å². The normalized spacial score (nSPS) is 10.8. The van der Waals surface area contributed by atoms with Crippen LogP contribution in [0.4, 0.5) is 0 Å². The monoisotopic (exact) mass is 507 g/mol. The van der Waals surface area contributed by atoms with Crippen molar-refractivity contribution >= 4 is 51.3 Å². The number of rotatable bonds is 7. The number of amides is 1. The van der Waals surface area contributed by atoms with Crippen LogP contribution in [0.25, 0.3) is 0 Å². The molecule has 0 unspecified atom stereocenters. The summed E-state index contributed by atoms with van der Waals surface area (Å²) in [5.74, 6) is 0.703. The highest BCUT2D eigenvalue weighted by molar-refractivity contribution is 9.10. The highest BCUT2D eigenvalue weighted by Gasteiger charge is 2.12. The topological polar surface area (TPSA) is 72.8 Å². The largest absolute Gasteiger partial charge is 0.493 e. The Morgan fingerprint density at radius 2 is 1.93 bits per heavy atom. The number of aromatic nitrogens is 1. The molecule has 0 radical (unpaired) electrons. The second-order valence-electron chi connectivity index (χ2n) is 6.01. The van der Waals surface area contributed by atoms with E-state index < -0.39 is 0 Å². The van der Waals surface area contributed by atoms with Crippen molar-refractivity contribution in [3.63, 3.8) is 0 Å². The molecule has 154 valence electrons. The van der Waals surface area contributed by atoms with Crippen molar-refractivity contribution in [2.24, 2.45) is 5.10 Å². The van der Waals surface area contributed by atoms with Gasteiger partial charge in [-0.15, -0.1) is 0 Å². The van der Waals surface area contributed by atoms with Gasteiger partial charge in [0.1, 0.15) is 6.61 Å². The van der Waals surface area contributed by atoms with Crippen molar-refractivity contribution in [3.8, 4) is 11.5 Å². The molecule has 1 aromatic heterocycles. The Balaban J connectivity index is 1.70. The fraction of sp³-hybridized carbons (Fsp3) is 0.0952. The van der Waals surface area contributed by atoms with Gasteiger partial charge in [-0.05, 0) is 63.5 Å². The molecule has 30 heavy (non-hydrogen) atoms. The molecular weight excluding hydrogens is 493 g/mol. The van der Waals surface area contributed by atoms with Crippen molar-refractivity contribution in [1.82, 2.24) is 10.4 Å². The molecule has 1 heterocycles. The fourth-order valence-electron chi connectivity index (χ4n) is 2.47. The Morgan fingerprint density at radius 1 is 1.17 bits per heavy atom. The maximum absolute atomic E-state index is 12.0. The first-order valence-electron chi connectivity index (χ1n) is 8.65. The number of pyridine rings is 1. The summed E-state index contributed by atoms with van der Waals surface area (Å²) >= 11 is 15.5. The van der Waals surface area contributed by atoms with E-state index in [1.54, 1.807) is 43.5 Å². The summed E-state index contributed by atoms with van der Waals surface area (Å²) in [5, 5.41) is 4.93. The number of nitrogens with one attached hydrogen (secondary N) is 1. The minimum absolute atomic E-state index is 0.279. The second-order valence-corrected chi connectivity index (χ2v) is 7.68. The zero-order valence-corrected chi connectivity index (χ0v) is 18.8. The molecule has 2 aromatic carbocycles. The van der Waals surface area contributed by atoms with Gasteiger partial charge in [0, 0.05) is 18.0 Å². The summed E-state index contributed by atoms with van der Waals surface area (Å²) in [6.07, 6.45) is 4.59. The highest BCUT2D eigenvalue weighted by atomic mass is 79.9. The van der Waals surface area contributed by atoms with Crippen LogP contribution in [-0.4, -0.2) is 24.2 Å². The lowest BCUT2D eigenvalue weighted by molar-refractivity contribution is 0.0955. The lowest BCUT2D eigenvalue weighted by Crippen LogP contribution is -2.17. The molecule has 0 bridgehead atoms. The van der Waals surface area contributed by atoms with Gasteiger partial charge in [0.05, 0.1) is 27.8 Å². The summed E-state index contributed by atoms with van der Waals surface area (Å²) in [6, 6.07) is 12.0. The molecule has 0 fully saturated rings. The molecule has 0 aliphatic rings. The summed E-state index contributed by atoms with van der Waals surface area (Å²) < 4.78 is 12.0. The molecule has 9 heteroatoms. The van der Waals surface area contributed by atoms with Crippen LogP contribution < -0.4 is 14.9 Å².